The van der Waals surface area contributed by atoms with Crippen LogP contribution in [0.4, 0.5) is 0 Å². The van der Waals surface area contributed by atoms with Crippen molar-refractivity contribution in [3.8, 4) is 11.3 Å². The van der Waals surface area contributed by atoms with E-state index in [1.807, 2.05) is 0 Å². The summed E-state index contributed by atoms with van der Waals surface area (Å²) in [6.45, 7) is 9.31. The Morgan fingerprint density at radius 3 is 2.47 bits per heavy atom. The molecule has 0 unspecified atom stereocenters. The highest BCUT2D eigenvalue weighted by molar-refractivity contribution is 7.09. The number of aromatic nitrogens is 1. The lowest BCUT2D eigenvalue weighted by Gasteiger charge is -2.09. The highest BCUT2D eigenvalue weighted by atomic mass is 32.1. The molecule has 0 aliphatic carbocycles. The molecule has 2 nitrogen and oxygen atoms in total. The van der Waals surface area contributed by atoms with E-state index in [0.29, 0.717) is 4.80 Å². The van der Waals surface area contributed by atoms with Gasteiger partial charge in [-0.25, -0.2) is 0 Å². The maximum atomic E-state index is 7.96. The van der Waals surface area contributed by atoms with Crippen LogP contribution in [0.2, 0.25) is 0 Å². The molecule has 0 fully saturated rings. The van der Waals surface area contributed by atoms with Crippen molar-refractivity contribution in [1.29, 1.82) is 5.41 Å². The molecule has 0 saturated carbocycles. The predicted octanol–water partition coefficient (Wildman–Crippen LogP) is 3.64. The molecule has 2 aromatic rings. The molecule has 0 saturated heterocycles. The number of rotatable bonds is 2. The molecule has 17 heavy (non-hydrogen) atoms. The van der Waals surface area contributed by atoms with Gasteiger partial charge in [0.25, 0.3) is 0 Å². The zero-order valence-corrected chi connectivity index (χ0v) is 11.6. The quantitative estimate of drug-likeness (QED) is 0.838. The SMILES string of the molecule is CCn1c(-c2ccc(C)c(C)c2)c(C)sc1=N. The molecule has 2 rings (SSSR count). The molecule has 0 aliphatic heterocycles. The number of nitrogens with zero attached hydrogens (tertiary/aromatic N) is 1. The largest absolute Gasteiger partial charge is 0.317 e. The molecule has 1 N–H and O–H groups in total. The van der Waals surface area contributed by atoms with Crippen molar-refractivity contribution >= 4 is 11.3 Å². The smallest absolute Gasteiger partial charge is 0.182 e. The molecule has 90 valence electrons. The minimum Gasteiger partial charge on any atom is -0.317 e. The Balaban J connectivity index is 2.67. The van der Waals surface area contributed by atoms with Gasteiger partial charge in [0.15, 0.2) is 4.80 Å². The van der Waals surface area contributed by atoms with E-state index < -0.39 is 0 Å². The number of aryl methyl sites for hydroxylation is 3. The van der Waals surface area contributed by atoms with Gasteiger partial charge in [-0.05, 0) is 50.5 Å². The fourth-order valence-corrected chi connectivity index (χ4v) is 3.03. The summed E-state index contributed by atoms with van der Waals surface area (Å²) >= 11 is 1.55. The van der Waals surface area contributed by atoms with Gasteiger partial charge >= 0.3 is 0 Å². The second-order valence-electron chi connectivity index (χ2n) is 4.36. The summed E-state index contributed by atoms with van der Waals surface area (Å²) in [4.78, 5) is 1.86. The van der Waals surface area contributed by atoms with Crippen molar-refractivity contribution < 1.29 is 0 Å². The van der Waals surface area contributed by atoms with E-state index in [9.17, 15) is 0 Å². The summed E-state index contributed by atoms with van der Waals surface area (Å²) < 4.78 is 2.07. The van der Waals surface area contributed by atoms with Gasteiger partial charge in [-0.2, -0.15) is 0 Å². The first kappa shape index (κ1) is 12.1. The van der Waals surface area contributed by atoms with Crippen LogP contribution in [-0.4, -0.2) is 4.57 Å². The van der Waals surface area contributed by atoms with Crippen LogP contribution < -0.4 is 4.80 Å². The number of thiazole rings is 1. The Kier molecular flexibility index (Phi) is 3.20. The highest BCUT2D eigenvalue weighted by Crippen LogP contribution is 2.26. The van der Waals surface area contributed by atoms with Gasteiger partial charge < -0.3 is 4.57 Å². The van der Waals surface area contributed by atoms with E-state index in [4.69, 9.17) is 5.41 Å². The Hall–Kier alpha value is -1.35. The van der Waals surface area contributed by atoms with E-state index in [2.05, 4.69) is 50.5 Å². The van der Waals surface area contributed by atoms with Gasteiger partial charge in [0.1, 0.15) is 0 Å². The number of benzene rings is 1. The molecular formula is C14H18N2S. The Morgan fingerprint density at radius 1 is 1.18 bits per heavy atom. The van der Waals surface area contributed by atoms with Crippen LogP contribution in [0, 0.1) is 26.2 Å². The van der Waals surface area contributed by atoms with Crippen molar-refractivity contribution in [1.82, 2.24) is 4.57 Å². The topological polar surface area (TPSA) is 28.8 Å². The van der Waals surface area contributed by atoms with Gasteiger partial charge in [0.05, 0.1) is 5.69 Å². The molecular weight excluding hydrogens is 228 g/mol. The molecule has 1 aromatic heterocycles. The predicted molar refractivity (Wildman–Crippen MR) is 73.5 cm³/mol. The molecule has 1 aromatic carbocycles. The Labute approximate surface area is 106 Å². The van der Waals surface area contributed by atoms with E-state index in [-0.39, 0.29) is 0 Å². The third-order valence-electron chi connectivity index (χ3n) is 3.19. The zero-order valence-electron chi connectivity index (χ0n) is 10.8. The van der Waals surface area contributed by atoms with Crippen molar-refractivity contribution in [2.45, 2.75) is 34.2 Å². The third kappa shape index (κ3) is 2.07. The van der Waals surface area contributed by atoms with Crippen LogP contribution in [0.15, 0.2) is 18.2 Å². The zero-order chi connectivity index (χ0) is 12.6. The lowest BCUT2D eigenvalue weighted by molar-refractivity contribution is 0.734. The molecule has 0 spiro atoms. The first-order valence-corrected chi connectivity index (χ1v) is 6.68. The molecule has 0 atom stereocenters. The van der Waals surface area contributed by atoms with Gasteiger partial charge in [-0.1, -0.05) is 12.1 Å². The summed E-state index contributed by atoms with van der Waals surface area (Å²) in [5, 5.41) is 7.96. The summed E-state index contributed by atoms with van der Waals surface area (Å²) in [5.74, 6) is 0. The molecule has 3 heteroatoms. The minimum atomic E-state index is 0.637. The van der Waals surface area contributed by atoms with Crippen LogP contribution in [-0.2, 0) is 6.54 Å². The van der Waals surface area contributed by atoms with Crippen LogP contribution in [0.3, 0.4) is 0 Å². The molecule has 0 amide bonds. The number of hydrogen-bond donors (Lipinski definition) is 1. The average molecular weight is 246 g/mol. The van der Waals surface area contributed by atoms with Crippen LogP contribution in [0.25, 0.3) is 11.3 Å². The van der Waals surface area contributed by atoms with E-state index in [1.165, 1.54) is 27.3 Å². The Bertz CT molecular complexity index is 605. The van der Waals surface area contributed by atoms with E-state index >= 15 is 0 Å². The molecule has 0 radical (unpaired) electrons. The molecule has 1 heterocycles. The van der Waals surface area contributed by atoms with Gasteiger partial charge in [-0.15, -0.1) is 11.3 Å². The normalized spacial score (nSPS) is 10.8. The standard InChI is InChI=1S/C14H18N2S/c1-5-16-13(11(4)17-14(16)15)12-7-6-9(2)10(3)8-12/h6-8,15H,5H2,1-4H3. The highest BCUT2D eigenvalue weighted by Gasteiger charge is 2.11. The van der Waals surface area contributed by atoms with E-state index in [0.717, 1.165) is 6.54 Å². The summed E-state index contributed by atoms with van der Waals surface area (Å²) in [7, 11) is 0. The lowest BCUT2D eigenvalue weighted by Crippen LogP contribution is -2.12. The lowest BCUT2D eigenvalue weighted by atomic mass is 10.0. The van der Waals surface area contributed by atoms with Crippen molar-refractivity contribution in [2.75, 3.05) is 0 Å². The van der Waals surface area contributed by atoms with E-state index in [1.54, 1.807) is 11.3 Å². The minimum absolute atomic E-state index is 0.637. The molecule has 0 bridgehead atoms. The molecule has 0 aliphatic rings. The first-order valence-electron chi connectivity index (χ1n) is 5.87. The van der Waals surface area contributed by atoms with Gasteiger partial charge in [0, 0.05) is 11.4 Å². The van der Waals surface area contributed by atoms with Gasteiger partial charge in [-0.3, -0.25) is 5.41 Å². The average Bonchev–Trinajstić information content (AvgIpc) is 2.57. The fourth-order valence-electron chi connectivity index (χ4n) is 2.09. The van der Waals surface area contributed by atoms with Crippen molar-refractivity contribution in [3.63, 3.8) is 0 Å². The maximum absolute atomic E-state index is 7.96. The fraction of sp³-hybridized carbons (Fsp3) is 0.357. The van der Waals surface area contributed by atoms with Gasteiger partial charge in [0.2, 0.25) is 0 Å². The Morgan fingerprint density at radius 2 is 1.88 bits per heavy atom. The second kappa shape index (κ2) is 4.49. The second-order valence-corrected chi connectivity index (χ2v) is 5.56. The third-order valence-corrected chi connectivity index (χ3v) is 4.11. The van der Waals surface area contributed by atoms with Crippen molar-refractivity contribution in [2.24, 2.45) is 0 Å². The monoisotopic (exact) mass is 246 g/mol. The summed E-state index contributed by atoms with van der Waals surface area (Å²) in [6, 6.07) is 6.53. The first-order chi connectivity index (χ1) is 8.04. The van der Waals surface area contributed by atoms with Crippen LogP contribution in [0.1, 0.15) is 22.9 Å². The summed E-state index contributed by atoms with van der Waals surface area (Å²) in [6.07, 6.45) is 0. The van der Waals surface area contributed by atoms with Crippen LogP contribution in [0.5, 0.6) is 0 Å². The number of hydrogen-bond acceptors (Lipinski definition) is 2. The maximum Gasteiger partial charge on any atom is 0.182 e. The van der Waals surface area contributed by atoms with Crippen molar-refractivity contribution in [3.05, 3.63) is 39.0 Å². The van der Waals surface area contributed by atoms with Crippen LogP contribution >= 0.6 is 11.3 Å². The summed E-state index contributed by atoms with van der Waals surface area (Å²) in [5.41, 5.74) is 5.05. The number of nitrogens with one attached hydrogen (secondary N) is 1.